The zero-order chi connectivity index (χ0) is 5.91. The first kappa shape index (κ1) is 7.53. The monoisotopic (exact) mass is 223 g/mol. The molecule has 0 aromatic heterocycles. The molecule has 0 aliphatic carbocycles. The molecule has 0 saturated carbocycles. The van der Waals surface area contributed by atoms with Crippen LogP contribution in [0, 0.1) is 0 Å². The third-order valence-electron chi connectivity index (χ3n) is 0.178. The topological polar surface area (TPSA) is 84.8 Å². The van der Waals surface area contributed by atoms with E-state index < -0.39 is 20.1 Å². The Balaban J connectivity index is 3.15. The summed E-state index contributed by atoms with van der Waals surface area (Å²) in [4.78, 5) is 0. The number of hydroxylamine groups is 1. The molecule has 0 atom stereocenters. The van der Waals surface area contributed by atoms with E-state index in [-0.39, 0.29) is 0 Å². The normalized spacial score (nSPS) is 14.3. The molecule has 0 aliphatic heterocycles. The van der Waals surface area contributed by atoms with E-state index in [1.807, 2.05) is 5.48 Å². The van der Waals surface area contributed by atoms with E-state index in [1.165, 1.54) is 7.05 Å². The summed E-state index contributed by atoms with van der Waals surface area (Å²) < 4.78 is 29.3. The molecule has 0 heterocycles. The fraction of sp³-hybridized carbons (Fsp3) is 1.00. The van der Waals surface area contributed by atoms with Crippen LogP contribution in [0.2, 0.25) is 0 Å². The first-order valence-corrected chi connectivity index (χ1v) is 5.04. The number of halogens is 1. The van der Waals surface area contributed by atoms with Crippen molar-refractivity contribution in [2.24, 2.45) is 0 Å². The van der Waals surface area contributed by atoms with Gasteiger partial charge in [0.2, 0.25) is 0 Å². The van der Waals surface area contributed by atoms with Gasteiger partial charge >= 0.3 is 46.1 Å². The summed E-state index contributed by atoms with van der Waals surface area (Å²) in [7, 11) is 1.28. The minimum absolute atomic E-state index is 1.28. The van der Waals surface area contributed by atoms with Crippen LogP contribution in [0.5, 0.6) is 0 Å². The summed E-state index contributed by atoms with van der Waals surface area (Å²) in [5, 5.41) is 0. The second kappa shape index (κ2) is 2.74. The predicted octanol–water partition coefficient (Wildman–Crippen LogP) is -5.70. The third kappa shape index (κ3) is 6.53. The van der Waals surface area contributed by atoms with Crippen LogP contribution in [-0.4, -0.2) is 13.9 Å². The zero-order valence-electron chi connectivity index (χ0n) is 3.59. The molecule has 0 amide bonds. The van der Waals surface area contributed by atoms with Gasteiger partial charge in [0.15, 0.2) is 0 Å². The van der Waals surface area contributed by atoms with E-state index in [9.17, 15) is 3.44 Å². The molecule has 0 aliphatic rings. The molecule has 0 radical (unpaired) electrons. The van der Waals surface area contributed by atoms with E-state index in [1.54, 1.807) is 0 Å². The van der Waals surface area contributed by atoms with E-state index in [0.29, 0.717) is 0 Å². The van der Waals surface area contributed by atoms with E-state index in [4.69, 9.17) is 6.87 Å². The molecule has 5 nitrogen and oxygen atoms in total. The summed E-state index contributed by atoms with van der Waals surface area (Å²) in [5.74, 6) is 0. The average Bonchev–Trinajstić information content (AvgIpc) is 1.30. The van der Waals surface area contributed by atoms with Crippen molar-refractivity contribution in [2.45, 2.75) is 0 Å². The predicted molar refractivity (Wildman–Crippen MR) is 14.6 cm³/mol. The van der Waals surface area contributed by atoms with E-state index in [0.717, 1.165) is 0 Å². The second-order valence-corrected chi connectivity index (χ2v) is 3.50. The van der Waals surface area contributed by atoms with Crippen molar-refractivity contribution in [1.29, 1.82) is 0 Å². The van der Waals surface area contributed by atoms with Crippen LogP contribution in [0.1, 0.15) is 0 Å². The van der Waals surface area contributed by atoms with Gasteiger partial charge in [-0.1, -0.05) is 0 Å². The first-order chi connectivity index (χ1) is 3.06. The van der Waals surface area contributed by atoms with Crippen LogP contribution in [-0.2, 0) is 3.17 Å². The van der Waals surface area contributed by atoms with Gasteiger partial charge in [0, 0.05) is 0 Å². The molecule has 7 heavy (non-hydrogen) atoms. The van der Waals surface area contributed by atoms with Gasteiger partial charge in [-0.15, -0.1) is 0 Å². The molecule has 0 aromatic rings. The Hall–Kier alpha value is 0.530. The summed E-state index contributed by atoms with van der Waals surface area (Å²) in [6.45, 7) is 0. The Morgan fingerprint density at radius 3 is 2.14 bits per heavy atom. The second-order valence-electron chi connectivity index (χ2n) is 0.696. The summed E-state index contributed by atoms with van der Waals surface area (Å²) >= 11 is -4.88. The third-order valence-corrected chi connectivity index (χ3v) is 1.19. The molecule has 0 saturated heterocycles. The number of hydrogen-bond donors (Lipinski definition) is 3. The molecule has 0 aromatic carbocycles. The number of rotatable bonds is 2. The standard InChI is InChI=1S/CH6INO4/c1-3-7-2(4,5)6/h3-5H,1H3. The quantitative estimate of drug-likeness (QED) is 0.321. The van der Waals surface area contributed by atoms with Crippen molar-refractivity contribution in [3.63, 3.8) is 0 Å². The summed E-state index contributed by atoms with van der Waals surface area (Å²) in [5.41, 5.74) is 1.88. The molecule has 46 valence electrons. The van der Waals surface area contributed by atoms with Crippen LogP contribution < -0.4 is 29.0 Å². The van der Waals surface area contributed by atoms with Crippen LogP contribution in [0.4, 0.5) is 0 Å². The van der Waals surface area contributed by atoms with Crippen LogP contribution >= 0.6 is 0 Å². The molecule has 0 rings (SSSR count). The molecule has 0 spiro atoms. The maximum atomic E-state index is 9.71. The number of nitrogens with one attached hydrogen (secondary N) is 1. The summed E-state index contributed by atoms with van der Waals surface area (Å²) in [6.07, 6.45) is 0. The zero-order valence-corrected chi connectivity index (χ0v) is 5.75. The van der Waals surface area contributed by atoms with Gasteiger partial charge in [-0.25, -0.2) is 0 Å². The van der Waals surface area contributed by atoms with Crippen molar-refractivity contribution in [3.8, 4) is 0 Å². The van der Waals surface area contributed by atoms with Gasteiger partial charge < -0.3 is 0 Å². The van der Waals surface area contributed by atoms with Gasteiger partial charge in [0.05, 0.1) is 0 Å². The molecule has 0 fully saturated rings. The van der Waals surface area contributed by atoms with Crippen molar-refractivity contribution in [2.75, 3.05) is 7.05 Å². The van der Waals surface area contributed by atoms with E-state index >= 15 is 0 Å². The van der Waals surface area contributed by atoms with Crippen molar-refractivity contribution in [3.05, 3.63) is 0 Å². The Morgan fingerprint density at radius 1 is 1.71 bits per heavy atom. The fourth-order valence-corrected chi connectivity index (χ4v) is 0.674. The van der Waals surface area contributed by atoms with Crippen molar-refractivity contribution in [1.82, 2.24) is 5.48 Å². The van der Waals surface area contributed by atoms with Crippen LogP contribution in [0.3, 0.4) is 0 Å². The van der Waals surface area contributed by atoms with Crippen molar-refractivity contribution < 1.29 is 33.6 Å². The molecule has 6 heteroatoms. The molecule has 3 N–H and O–H groups in total. The first-order valence-electron chi connectivity index (χ1n) is 1.35. The van der Waals surface area contributed by atoms with Gasteiger partial charge in [0.25, 0.3) is 0 Å². The Kier molecular flexibility index (Phi) is 2.95. The van der Waals surface area contributed by atoms with Gasteiger partial charge in [-0.05, 0) is 0 Å². The fourth-order valence-electron chi connectivity index (χ4n) is 0.101. The average molecular weight is 223 g/mol. The SMILES string of the molecule is CNO[I+]([O-])(O)O. The van der Waals surface area contributed by atoms with Gasteiger partial charge in [0.1, 0.15) is 0 Å². The Bertz CT molecular complexity index is 50.1. The molecular weight excluding hydrogens is 217 g/mol. The minimum atomic E-state index is -4.88. The Morgan fingerprint density at radius 2 is 2.14 bits per heavy atom. The number of hydrogen-bond acceptors (Lipinski definition) is 5. The molecule has 0 bridgehead atoms. The maximum absolute atomic E-state index is 9.71. The molecular formula is CH6INO4. The van der Waals surface area contributed by atoms with Crippen LogP contribution in [0.15, 0.2) is 0 Å². The van der Waals surface area contributed by atoms with Gasteiger partial charge in [-0.3, -0.25) is 0 Å². The van der Waals surface area contributed by atoms with Gasteiger partial charge in [-0.2, -0.15) is 0 Å². The van der Waals surface area contributed by atoms with Crippen molar-refractivity contribution >= 4 is 0 Å². The molecule has 0 unspecified atom stereocenters. The van der Waals surface area contributed by atoms with Crippen LogP contribution in [0.25, 0.3) is 0 Å². The summed E-state index contributed by atoms with van der Waals surface area (Å²) in [6, 6.07) is 0. The van der Waals surface area contributed by atoms with E-state index in [2.05, 4.69) is 3.17 Å². The Labute approximate surface area is 46.6 Å².